The van der Waals surface area contributed by atoms with Gasteiger partial charge in [0.1, 0.15) is 0 Å². The van der Waals surface area contributed by atoms with E-state index in [0.29, 0.717) is 0 Å². The Hall–Kier alpha value is -1.52. The summed E-state index contributed by atoms with van der Waals surface area (Å²) in [7, 11) is -3.99. The highest BCUT2D eigenvalue weighted by atomic mass is 32.2. The van der Waals surface area contributed by atoms with E-state index in [4.69, 9.17) is 0 Å². The molecular formula is C15H17F3O3S. The molecule has 1 aromatic carbocycles. The van der Waals surface area contributed by atoms with Gasteiger partial charge in [0.15, 0.2) is 0 Å². The Kier molecular flexibility index (Phi) is 5.65. The first-order valence-corrected chi connectivity index (χ1v) is 7.89. The van der Waals surface area contributed by atoms with Crippen LogP contribution >= 0.6 is 0 Å². The molecule has 122 valence electrons. The predicted molar refractivity (Wildman–Crippen MR) is 76.7 cm³/mol. The molecule has 0 aliphatic rings. The van der Waals surface area contributed by atoms with E-state index in [1.54, 1.807) is 12.1 Å². The summed E-state index contributed by atoms with van der Waals surface area (Å²) in [4.78, 5) is -0.0377. The van der Waals surface area contributed by atoms with Crippen LogP contribution in [0.1, 0.15) is 32.8 Å². The number of halogens is 3. The Morgan fingerprint density at radius 3 is 2.09 bits per heavy atom. The third-order valence-corrected chi connectivity index (χ3v) is 4.03. The quantitative estimate of drug-likeness (QED) is 0.480. The first kappa shape index (κ1) is 18.5. The second-order valence-electron chi connectivity index (χ2n) is 5.60. The third kappa shape index (κ3) is 6.08. The number of benzene rings is 1. The van der Waals surface area contributed by atoms with Crippen LogP contribution < -0.4 is 0 Å². The van der Waals surface area contributed by atoms with Crippen LogP contribution in [0, 0.1) is 11.8 Å². The van der Waals surface area contributed by atoms with Crippen molar-refractivity contribution in [3.05, 3.63) is 29.8 Å². The number of alkyl halides is 3. The molecule has 0 saturated carbocycles. The maximum absolute atomic E-state index is 11.9. The summed E-state index contributed by atoms with van der Waals surface area (Å²) in [6, 6.07) is 6.19. The smallest absolute Gasteiger partial charge is 0.265 e. The highest BCUT2D eigenvalue weighted by Gasteiger charge is 2.23. The van der Waals surface area contributed by atoms with Gasteiger partial charge in [-0.15, -0.1) is 0 Å². The highest BCUT2D eigenvalue weighted by molar-refractivity contribution is 7.86. The van der Waals surface area contributed by atoms with Gasteiger partial charge in [0.05, 0.1) is 11.5 Å². The fourth-order valence-corrected chi connectivity index (χ4v) is 2.46. The van der Waals surface area contributed by atoms with Gasteiger partial charge in [-0.05, 0) is 23.1 Å². The summed E-state index contributed by atoms with van der Waals surface area (Å²) < 4.78 is 63.7. The largest absolute Gasteiger partial charge is 0.457 e. The SMILES string of the molecule is CC(C)(C)c1ccc(S(=O)(=O)OCCC#CC(F)(F)F)cc1. The van der Waals surface area contributed by atoms with Gasteiger partial charge in [0.2, 0.25) is 0 Å². The standard InChI is InChI=1S/C15H17F3O3S/c1-14(2,3)12-6-8-13(9-7-12)22(19,20)21-11-5-4-10-15(16,17)18/h6-9H,5,11H2,1-3H3. The van der Waals surface area contributed by atoms with Gasteiger partial charge in [0, 0.05) is 12.3 Å². The van der Waals surface area contributed by atoms with E-state index in [1.807, 2.05) is 26.7 Å². The van der Waals surface area contributed by atoms with Gasteiger partial charge in [-0.3, -0.25) is 4.18 Å². The molecule has 0 fully saturated rings. The van der Waals surface area contributed by atoms with Crippen LogP contribution in [0.25, 0.3) is 0 Å². The highest BCUT2D eigenvalue weighted by Crippen LogP contribution is 2.24. The molecule has 1 rings (SSSR count). The van der Waals surface area contributed by atoms with E-state index in [0.717, 1.165) is 11.5 Å². The van der Waals surface area contributed by atoms with Crippen molar-refractivity contribution in [2.45, 2.75) is 43.7 Å². The predicted octanol–water partition coefficient (Wildman–Crippen LogP) is 3.65. The van der Waals surface area contributed by atoms with Crippen LogP contribution in [0.3, 0.4) is 0 Å². The Morgan fingerprint density at radius 1 is 1.09 bits per heavy atom. The molecule has 0 aliphatic heterocycles. The van der Waals surface area contributed by atoms with Crippen molar-refractivity contribution in [3.8, 4) is 11.8 Å². The molecule has 0 bridgehead atoms. The molecule has 0 radical (unpaired) electrons. The fraction of sp³-hybridized carbons (Fsp3) is 0.467. The molecule has 0 unspecified atom stereocenters. The van der Waals surface area contributed by atoms with Crippen LogP contribution in [0.4, 0.5) is 13.2 Å². The minimum Gasteiger partial charge on any atom is -0.265 e. The molecule has 0 aliphatic carbocycles. The van der Waals surface area contributed by atoms with Gasteiger partial charge in [0.25, 0.3) is 10.1 Å². The second kappa shape index (κ2) is 6.71. The van der Waals surface area contributed by atoms with Crippen molar-refractivity contribution >= 4 is 10.1 Å². The van der Waals surface area contributed by atoms with Crippen molar-refractivity contribution in [2.75, 3.05) is 6.61 Å². The van der Waals surface area contributed by atoms with Gasteiger partial charge in [-0.25, -0.2) is 0 Å². The van der Waals surface area contributed by atoms with Crippen LogP contribution in [-0.2, 0) is 19.7 Å². The lowest BCUT2D eigenvalue weighted by Gasteiger charge is -2.19. The van der Waals surface area contributed by atoms with Crippen molar-refractivity contribution in [1.29, 1.82) is 0 Å². The van der Waals surface area contributed by atoms with Gasteiger partial charge < -0.3 is 0 Å². The van der Waals surface area contributed by atoms with Crippen LogP contribution in [0.2, 0.25) is 0 Å². The van der Waals surface area contributed by atoms with Crippen molar-refractivity contribution in [3.63, 3.8) is 0 Å². The number of hydrogen-bond acceptors (Lipinski definition) is 3. The molecule has 0 aromatic heterocycles. The van der Waals surface area contributed by atoms with Crippen molar-refractivity contribution < 1.29 is 25.8 Å². The minimum absolute atomic E-state index is 0.0377. The molecule has 7 heteroatoms. The van der Waals surface area contributed by atoms with E-state index in [1.165, 1.54) is 12.1 Å². The monoisotopic (exact) mass is 334 g/mol. The van der Waals surface area contributed by atoms with Gasteiger partial charge in [-0.1, -0.05) is 38.8 Å². The Bertz CT molecular complexity index is 657. The minimum atomic E-state index is -4.58. The average molecular weight is 334 g/mol. The Morgan fingerprint density at radius 2 is 1.64 bits per heavy atom. The van der Waals surface area contributed by atoms with Crippen LogP contribution in [-0.4, -0.2) is 21.2 Å². The maximum Gasteiger partial charge on any atom is 0.457 e. The number of rotatable bonds is 4. The average Bonchev–Trinajstić information content (AvgIpc) is 2.36. The third-order valence-electron chi connectivity index (χ3n) is 2.70. The summed E-state index contributed by atoms with van der Waals surface area (Å²) in [6.07, 6.45) is -4.90. The lowest BCUT2D eigenvalue weighted by molar-refractivity contribution is -0.0697. The lowest BCUT2D eigenvalue weighted by atomic mass is 9.87. The first-order chi connectivity index (χ1) is 9.92. The molecule has 0 amide bonds. The zero-order valence-electron chi connectivity index (χ0n) is 12.5. The van der Waals surface area contributed by atoms with Gasteiger partial charge >= 0.3 is 6.18 Å². The fourth-order valence-electron chi connectivity index (χ4n) is 1.55. The normalized spacial score (nSPS) is 12.6. The second-order valence-corrected chi connectivity index (χ2v) is 7.22. The Balaban J connectivity index is 2.69. The summed E-state index contributed by atoms with van der Waals surface area (Å²) >= 11 is 0. The summed E-state index contributed by atoms with van der Waals surface area (Å²) in [5.41, 5.74) is 0.846. The molecule has 0 spiro atoms. The zero-order chi connectivity index (χ0) is 17.0. The van der Waals surface area contributed by atoms with Crippen LogP contribution in [0.5, 0.6) is 0 Å². The Labute approximate surface area is 128 Å². The zero-order valence-corrected chi connectivity index (χ0v) is 13.3. The summed E-state index contributed by atoms with van der Waals surface area (Å²) in [6.45, 7) is 5.55. The van der Waals surface area contributed by atoms with Crippen molar-refractivity contribution in [2.24, 2.45) is 0 Å². The molecule has 0 heterocycles. The first-order valence-electron chi connectivity index (χ1n) is 6.48. The van der Waals surface area contributed by atoms with E-state index in [2.05, 4.69) is 4.18 Å². The van der Waals surface area contributed by atoms with Crippen LogP contribution in [0.15, 0.2) is 29.2 Å². The van der Waals surface area contributed by atoms with E-state index < -0.39 is 22.9 Å². The molecular weight excluding hydrogens is 317 g/mol. The van der Waals surface area contributed by atoms with Gasteiger partial charge in [-0.2, -0.15) is 21.6 Å². The maximum atomic E-state index is 11.9. The molecule has 0 saturated heterocycles. The number of hydrogen-bond donors (Lipinski definition) is 0. The molecule has 0 N–H and O–H groups in total. The van der Waals surface area contributed by atoms with E-state index in [-0.39, 0.29) is 16.7 Å². The molecule has 3 nitrogen and oxygen atoms in total. The van der Waals surface area contributed by atoms with Crippen molar-refractivity contribution in [1.82, 2.24) is 0 Å². The topological polar surface area (TPSA) is 43.4 Å². The summed E-state index contributed by atoms with van der Waals surface area (Å²) in [5.74, 6) is 2.86. The summed E-state index contributed by atoms with van der Waals surface area (Å²) in [5, 5.41) is 0. The molecule has 1 aromatic rings. The molecule has 0 atom stereocenters. The molecule has 22 heavy (non-hydrogen) atoms. The van der Waals surface area contributed by atoms with E-state index in [9.17, 15) is 21.6 Å². The lowest BCUT2D eigenvalue weighted by Crippen LogP contribution is -2.12. The van der Waals surface area contributed by atoms with E-state index >= 15 is 0 Å².